The number of aromatic nitrogens is 1. The van der Waals surface area contributed by atoms with Crippen molar-refractivity contribution in [2.24, 2.45) is 0 Å². The molecule has 0 atom stereocenters. The van der Waals surface area contributed by atoms with Crippen LogP contribution in [-0.4, -0.2) is 4.98 Å². The standard InChI is InChI=1S/C14H8N2/c15-10-14-4-1-3-12(9-14)6-7-13-5-2-8-16-11-13/h1-5,8-9,11H. The monoisotopic (exact) mass is 204 g/mol. The lowest BCUT2D eigenvalue weighted by Gasteiger charge is -1.90. The van der Waals surface area contributed by atoms with Crippen LogP contribution in [0.4, 0.5) is 0 Å². The van der Waals surface area contributed by atoms with Gasteiger partial charge in [0, 0.05) is 23.5 Å². The third-order valence-electron chi connectivity index (χ3n) is 2.00. The van der Waals surface area contributed by atoms with E-state index < -0.39 is 0 Å². The summed E-state index contributed by atoms with van der Waals surface area (Å²) in [5.41, 5.74) is 2.32. The highest BCUT2D eigenvalue weighted by molar-refractivity contribution is 5.45. The Hall–Kier alpha value is -2.58. The fraction of sp³-hybridized carbons (Fsp3) is 0. The van der Waals surface area contributed by atoms with E-state index in [1.54, 1.807) is 24.5 Å². The van der Waals surface area contributed by atoms with Crippen molar-refractivity contribution in [1.29, 1.82) is 5.26 Å². The predicted octanol–water partition coefficient (Wildman–Crippen LogP) is 2.35. The first-order valence-corrected chi connectivity index (χ1v) is 4.81. The highest BCUT2D eigenvalue weighted by Crippen LogP contribution is 2.02. The number of nitriles is 1. The second-order valence-electron chi connectivity index (χ2n) is 3.18. The van der Waals surface area contributed by atoms with Gasteiger partial charge in [-0.3, -0.25) is 4.98 Å². The van der Waals surface area contributed by atoms with Crippen LogP contribution in [0.5, 0.6) is 0 Å². The van der Waals surface area contributed by atoms with Gasteiger partial charge in [-0.05, 0) is 30.3 Å². The molecule has 74 valence electrons. The minimum Gasteiger partial charge on any atom is -0.263 e. The van der Waals surface area contributed by atoms with Crippen LogP contribution in [0.2, 0.25) is 0 Å². The number of hydrogen-bond donors (Lipinski definition) is 0. The third-order valence-corrected chi connectivity index (χ3v) is 2.00. The van der Waals surface area contributed by atoms with Crippen LogP contribution < -0.4 is 0 Å². The van der Waals surface area contributed by atoms with E-state index in [0.717, 1.165) is 11.1 Å². The molecule has 1 heterocycles. The molecule has 1 aromatic carbocycles. The molecule has 0 saturated heterocycles. The molecule has 0 bridgehead atoms. The molecule has 0 amide bonds. The summed E-state index contributed by atoms with van der Waals surface area (Å²) in [5, 5.41) is 8.74. The third kappa shape index (κ3) is 2.47. The summed E-state index contributed by atoms with van der Waals surface area (Å²) in [6, 6.07) is 13.1. The Morgan fingerprint density at radius 1 is 0.938 bits per heavy atom. The lowest BCUT2D eigenvalue weighted by atomic mass is 10.1. The largest absolute Gasteiger partial charge is 0.263 e. The van der Waals surface area contributed by atoms with Gasteiger partial charge < -0.3 is 0 Å². The molecular formula is C14H8N2. The summed E-state index contributed by atoms with van der Waals surface area (Å²) in [5.74, 6) is 5.98. The van der Waals surface area contributed by atoms with E-state index in [2.05, 4.69) is 22.9 Å². The molecule has 2 rings (SSSR count). The number of rotatable bonds is 0. The smallest absolute Gasteiger partial charge is 0.0992 e. The Morgan fingerprint density at radius 2 is 1.69 bits per heavy atom. The molecule has 0 aliphatic rings. The molecule has 2 aromatic rings. The lowest BCUT2D eigenvalue weighted by Crippen LogP contribution is -1.79. The van der Waals surface area contributed by atoms with Crippen molar-refractivity contribution in [1.82, 2.24) is 4.98 Å². The van der Waals surface area contributed by atoms with Gasteiger partial charge in [-0.25, -0.2) is 0 Å². The van der Waals surface area contributed by atoms with E-state index in [4.69, 9.17) is 5.26 Å². The molecule has 0 unspecified atom stereocenters. The van der Waals surface area contributed by atoms with E-state index in [1.807, 2.05) is 24.3 Å². The van der Waals surface area contributed by atoms with Gasteiger partial charge in [0.05, 0.1) is 11.6 Å². The fourth-order valence-electron chi connectivity index (χ4n) is 1.25. The van der Waals surface area contributed by atoms with Crippen molar-refractivity contribution < 1.29 is 0 Å². The van der Waals surface area contributed by atoms with Gasteiger partial charge in [0.2, 0.25) is 0 Å². The molecule has 0 aliphatic heterocycles. The zero-order valence-corrected chi connectivity index (χ0v) is 8.51. The summed E-state index contributed by atoms with van der Waals surface area (Å²) in [4.78, 5) is 3.98. The van der Waals surface area contributed by atoms with Crippen LogP contribution in [0.3, 0.4) is 0 Å². The molecule has 0 spiro atoms. The zero-order valence-electron chi connectivity index (χ0n) is 8.51. The second-order valence-corrected chi connectivity index (χ2v) is 3.18. The summed E-state index contributed by atoms with van der Waals surface area (Å²) < 4.78 is 0. The first-order valence-electron chi connectivity index (χ1n) is 4.81. The van der Waals surface area contributed by atoms with Gasteiger partial charge in [-0.1, -0.05) is 17.9 Å². The molecule has 16 heavy (non-hydrogen) atoms. The van der Waals surface area contributed by atoms with Crippen LogP contribution in [0.15, 0.2) is 48.8 Å². The zero-order chi connectivity index (χ0) is 11.2. The fourth-order valence-corrected chi connectivity index (χ4v) is 1.25. The van der Waals surface area contributed by atoms with Crippen LogP contribution >= 0.6 is 0 Å². The van der Waals surface area contributed by atoms with E-state index in [0.29, 0.717) is 5.56 Å². The normalized spacial score (nSPS) is 8.69. The maximum Gasteiger partial charge on any atom is 0.0992 e. The minimum absolute atomic E-state index is 0.623. The first kappa shape index (κ1) is 9.96. The van der Waals surface area contributed by atoms with Crippen LogP contribution in [0.25, 0.3) is 0 Å². The van der Waals surface area contributed by atoms with E-state index in [-0.39, 0.29) is 0 Å². The maximum atomic E-state index is 8.74. The van der Waals surface area contributed by atoms with Crippen molar-refractivity contribution >= 4 is 0 Å². The minimum atomic E-state index is 0.623. The highest BCUT2D eigenvalue weighted by atomic mass is 14.6. The Kier molecular flexibility index (Phi) is 2.97. The van der Waals surface area contributed by atoms with Gasteiger partial charge >= 0.3 is 0 Å². The van der Waals surface area contributed by atoms with Gasteiger partial charge in [0.25, 0.3) is 0 Å². The van der Waals surface area contributed by atoms with Crippen molar-refractivity contribution in [3.05, 3.63) is 65.5 Å². The second kappa shape index (κ2) is 4.77. The SMILES string of the molecule is N#Cc1cccc(C#Cc2cccnc2)c1. The van der Waals surface area contributed by atoms with Crippen LogP contribution in [-0.2, 0) is 0 Å². The van der Waals surface area contributed by atoms with Crippen molar-refractivity contribution in [3.8, 4) is 17.9 Å². The van der Waals surface area contributed by atoms with E-state index in [1.165, 1.54) is 0 Å². The molecule has 0 radical (unpaired) electrons. The van der Waals surface area contributed by atoms with Gasteiger partial charge in [-0.15, -0.1) is 0 Å². The van der Waals surface area contributed by atoms with Crippen molar-refractivity contribution in [2.45, 2.75) is 0 Å². The first-order chi connectivity index (χ1) is 7.88. The predicted molar refractivity (Wildman–Crippen MR) is 61.4 cm³/mol. The molecule has 2 heteroatoms. The molecular weight excluding hydrogens is 196 g/mol. The molecule has 0 saturated carbocycles. The number of nitrogens with zero attached hydrogens (tertiary/aromatic N) is 2. The molecule has 0 N–H and O–H groups in total. The summed E-state index contributed by atoms with van der Waals surface area (Å²) in [6.45, 7) is 0. The number of hydrogen-bond acceptors (Lipinski definition) is 2. The average molecular weight is 204 g/mol. The van der Waals surface area contributed by atoms with Gasteiger partial charge in [0.1, 0.15) is 0 Å². The molecule has 1 aromatic heterocycles. The Bertz CT molecular complexity index is 583. The van der Waals surface area contributed by atoms with Gasteiger partial charge in [0.15, 0.2) is 0 Å². The van der Waals surface area contributed by atoms with E-state index >= 15 is 0 Å². The number of pyridine rings is 1. The van der Waals surface area contributed by atoms with Crippen molar-refractivity contribution in [2.75, 3.05) is 0 Å². The van der Waals surface area contributed by atoms with Crippen LogP contribution in [0.1, 0.15) is 16.7 Å². The highest BCUT2D eigenvalue weighted by Gasteiger charge is 1.90. The number of benzene rings is 1. The Labute approximate surface area is 94.2 Å². The summed E-state index contributed by atoms with van der Waals surface area (Å²) >= 11 is 0. The average Bonchev–Trinajstić information content (AvgIpc) is 2.38. The summed E-state index contributed by atoms with van der Waals surface area (Å²) in [6.07, 6.45) is 3.42. The topological polar surface area (TPSA) is 36.7 Å². The Morgan fingerprint density at radius 3 is 2.44 bits per heavy atom. The van der Waals surface area contributed by atoms with E-state index in [9.17, 15) is 0 Å². The lowest BCUT2D eigenvalue weighted by molar-refractivity contribution is 1.31. The van der Waals surface area contributed by atoms with Crippen molar-refractivity contribution in [3.63, 3.8) is 0 Å². The molecule has 2 nitrogen and oxygen atoms in total. The van der Waals surface area contributed by atoms with Crippen LogP contribution in [0, 0.1) is 23.2 Å². The van der Waals surface area contributed by atoms with Gasteiger partial charge in [-0.2, -0.15) is 5.26 Å². The quantitative estimate of drug-likeness (QED) is 0.617. The molecule has 0 fully saturated rings. The molecule has 0 aliphatic carbocycles. The summed E-state index contributed by atoms with van der Waals surface area (Å²) in [7, 11) is 0. The maximum absolute atomic E-state index is 8.74. The Balaban J connectivity index is 2.28.